The lowest BCUT2D eigenvalue weighted by atomic mass is 10.1. The first-order valence-electron chi connectivity index (χ1n) is 6.80. The summed E-state index contributed by atoms with van der Waals surface area (Å²) in [6, 6.07) is 2.50. The Morgan fingerprint density at radius 2 is 1.95 bits per heavy atom. The molecule has 8 heteroatoms. The van der Waals surface area contributed by atoms with Gasteiger partial charge in [-0.1, -0.05) is 13.8 Å². The van der Waals surface area contributed by atoms with Crippen LogP contribution in [-0.4, -0.2) is 33.7 Å². The highest BCUT2D eigenvalue weighted by atomic mass is 32.2. The van der Waals surface area contributed by atoms with Crippen LogP contribution in [0.15, 0.2) is 18.2 Å². The lowest BCUT2D eigenvalue weighted by molar-refractivity contribution is -0.119. The first-order chi connectivity index (χ1) is 10.1. The predicted octanol–water partition coefficient (Wildman–Crippen LogP) is 1.89. The van der Waals surface area contributed by atoms with Crippen molar-refractivity contribution in [3.8, 4) is 0 Å². The molecular weight excluding hydrogens is 314 g/mol. The van der Waals surface area contributed by atoms with Crippen LogP contribution in [0.5, 0.6) is 0 Å². The van der Waals surface area contributed by atoms with Crippen molar-refractivity contribution in [2.45, 2.75) is 20.3 Å². The number of rotatable bonds is 7. The number of benzene rings is 1. The molecule has 0 radical (unpaired) electrons. The molecule has 0 aliphatic carbocycles. The molecule has 0 fully saturated rings. The van der Waals surface area contributed by atoms with Gasteiger partial charge in [-0.05, 0) is 24.5 Å². The molecule has 1 aromatic rings. The third-order valence-corrected chi connectivity index (χ3v) is 4.04. The van der Waals surface area contributed by atoms with E-state index in [1.54, 1.807) is 0 Å². The first kappa shape index (κ1) is 18.3. The molecule has 0 aliphatic rings. The van der Waals surface area contributed by atoms with Gasteiger partial charge in [-0.25, -0.2) is 17.2 Å². The van der Waals surface area contributed by atoms with Crippen molar-refractivity contribution in [2.75, 3.05) is 23.7 Å². The number of hydrogen-bond acceptors (Lipinski definition) is 3. The largest absolute Gasteiger partial charge is 0.355 e. The first-order valence-corrected chi connectivity index (χ1v) is 8.65. The SMILES string of the molecule is CC(C)CCNC(=O)CN(c1ccc(F)cc1F)S(C)(=O)=O. The molecule has 1 N–H and O–H groups in total. The maximum absolute atomic E-state index is 13.8. The smallest absolute Gasteiger partial charge is 0.240 e. The number of sulfonamides is 1. The predicted molar refractivity (Wildman–Crippen MR) is 81.0 cm³/mol. The van der Waals surface area contributed by atoms with Crippen LogP contribution in [0.2, 0.25) is 0 Å². The summed E-state index contributed by atoms with van der Waals surface area (Å²) in [5.74, 6) is -2.02. The van der Waals surface area contributed by atoms with Crippen LogP contribution in [0.1, 0.15) is 20.3 Å². The van der Waals surface area contributed by atoms with Crippen LogP contribution in [0.4, 0.5) is 14.5 Å². The van der Waals surface area contributed by atoms with Crippen molar-refractivity contribution in [3.05, 3.63) is 29.8 Å². The molecule has 124 valence electrons. The highest BCUT2D eigenvalue weighted by Gasteiger charge is 2.23. The Morgan fingerprint density at radius 1 is 1.32 bits per heavy atom. The lowest BCUT2D eigenvalue weighted by Gasteiger charge is -2.22. The number of amides is 1. The maximum atomic E-state index is 13.8. The van der Waals surface area contributed by atoms with Crippen LogP contribution >= 0.6 is 0 Å². The Labute approximate surface area is 129 Å². The summed E-state index contributed by atoms with van der Waals surface area (Å²) < 4.78 is 50.8. The molecule has 0 atom stereocenters. The second kappa shape index (κ2) is 7.53. The van der Waals surface area contributed by atoms with E-state index in [1.165, 1.54) is 0 Å². The van der Waals surface area contributed by atoms with E-state index in [2.05, 4.69) is 5.32 Å². The Kier molecular flexibility index (Phi) is 6.28. The molecule has 0 aliphatic heterocycles. The second-order valence-corrected chi connectivity index (χ2v) is 7.30. The van der Waals surface area contributed by atoms with Crippen LogP contribution in [0.25, 0.3) is 0 Å². The van der Waals surface area contributed by atoms with Crippen LogP contribution in [-0.2, 0) is 14.8 Å². The summed E-state index contributed by atoms with van der Waals surface area (Å²) in [5.41, 5.74) is -0.358. The van der Waals surface area contributed by atoms with Crippen LogP contribution < -0.4 is 9.62 Å². The van der Waals surface area contributed by atoms with Crippen molar-refractivity contribution < 1.29 is 22.0 Å². The number of nitrogens with one attached hydrogen (secondary N) is 1. The van der Waals surface area contributed by atoms with Gasteiger partial charge in [-0.15, -0.1) is 0 Å². The van der Waals surface area contributed by atoms with E-state index in [9.17, 15) is 22.0 Å². The minimum Gasteiger partial charge on any atom is -0.355 e. The molecule has 0 bridgehead atoms. The summed E-state index contributed by atoms with van der Waals surface area (Å²) in [6.07, 6.45) is 1.60. The van der Waals surface area contributed by atoms with Crippen LogP contribution in [0.3, 0.4) is 0 Å². The van der Waals surface area contributed by atoms with Gasteiger partial charge in [0, 0.05) is 12.6 Å². The van der Waals surface area contributed by atoms with Crippen molar-refractivity contribution in [3.63, 3.8) is 0 Å². The third kappa shape index (κ3) is 5.59. The van der Waals surface area contributed by atoms with Gasteiger partial charge in [-0.3, -0.25) is 9.10 Å². The summed E-state index contributed by atoms with van der Waals surface area (Å²) in [6.45, 7) is 3.82. The van der Waals surface area contributed by atoms with Crippen molar-refractivity contribution in [2.24, 2.45) is 5.92 Å². The summed E-state index contributed by atoms with van der Waals surface area (Å²) in [5, 5.41) is 2.58. The van der Waals surface area contributed by atoms with E-state index in [0.29, 0.717) is 22.8 Å². The maximum Gasteiger partial charge on any atom is 0.240 e. The normalized spacial score (nSPS) is 11.5. The fourth-order valence-electron chi connectivity index (χ4n) is 1.75. The molecule has 1 aromatic carbocycles. The number of carbonyl (C=O) groups is 1. The average Bonchev–Trinajstić information content (AvgIpc) is 2.35. The van der Waals surface area contributed by atoms with Crippen molar-refractivity contribution in [1.82, 2.24) is 5.32 Å². The van der Waals surface area contributed by atoms with Gasteiger partial charge in [0.05, 0.1) is 11.9 Å². The highest BCUT2D eigenvalue weighted by Crippen LogP contribution is 2.22. The zero-order chi connectivity index (χ0) is 16.9. The summed E-state index contributed by atoms with van der Waals surface area (Å²) in [7, 11) is -3.88. The molecule has 0 saturated carbocycles. The minimum absolute atomic E-state index is 0.358. The standard InChI is InChI=1S/C14H20F2N2O3S/c1-10(2)6-7-17-14(19)9-18(22(3,20)21)13-5-4-11(15)8-12(13)16/h4-5,8,10H,6-7,9H2,1-3H3,(H,17,19). The quantitative estimate of drug-likeness (QED) is 0.828. The molecule has 0 heterocycles. The Bertz CT molecular complexity index is 633. The Balaban J connectivity index is 2.89. The zero-order valence-corrected chi connectivity index (χ0v) is 13.6. The van der Waals surface area contributed by atoms with Gasteiger partial charge >= 0.3 is 0 Å². The molecule has 0 saturated heterocycles. The van der Waals surface area contributed by atoms with E-state index in [4.69, 9.17) is 0 Å². The van der Waals surface area contributed by atoms with Gasteiger partial charge < -0.3 is 5.32 Å². The molecule has 0 unspecified atom stereocenters. The Morgan fingerprint density at radius 3 is 2.45 bits per heavy atom. The second-order valence-electron chi connectivity index (χ2n) is 5.40. The van der Waals surface area contributed by atoms with Gasteiger partial charge in [0.2, 0.25) is 15.9 Å². The number of nitrogens with zero attached hydrogens (tertiary/aromatic N) is 1. The molecular formula is C14H20F2N2O3S. The number of halogens is 2. The fraction of sp³-hybridized carbons (Fsp3) is 0.500. The van der Waals surface area contributed by atoms with Crippen molar-refractivity contribution >= 4 is 21.6 Å². The number of hydrogen-bond donors (Lipinski definition) is 1. The van der Waals surface area contributed by atoms with E-state index in [0.717, 1.165) is 24.8 Å². The molecule has 1 amide bonds. The van der Waals surface area contributed by atoms with Gasteiger partial charge in [0.15, 0.2) is 0 Å². The number of anilines is 1. The third-order valence-electron chi connectivity index (χ3n) is 2.91. The topological polar surface area (TPSA) is 66.5 Å². The van der Waals surface area contributed by atoms with Gasteiger partial charge in [0.25, 0.3) is 0 Å². The van der Waals surface area contributed by atoms with E-state index < -0.39 is 34.1 Å². The van der Waals surface area contributed by atoms with Gasteiger partial charge in [-0.2, -0.15) is 0 Å². The molecule has 5 nitrogen and oxygen atoms in total. The fourth-order valence-corrected chi connectivity index (χ4v) is 2.61. The minimum atomic E-state index is -3.88. The molecule has 0 aromatic heterocycles. The zero-order valence-electron chi connectivity index (χ0n) is 12.8. The summed E-state index contributed by atoms with van der Waals surface area (Å²) in [4.78, 5) is 11.8. The summed E-state index contributed by atoms with van der Waals surface area (Å²) >= 11 is 0. The average molecular weight is 334 g/mol. The highest BCUT2D eigenvalue weighted by molar-refractivity contribution is 7.92. The van der Waals surface area contributed by atoms with Crippen molar-refractivity contribution in [1.29, 1.82) is 0 Å². The van der Waals surface area contributed by atoms with E-state index >= 15 is 0 Å². The molecule has 1 rings (SSSR count). The monoisotopic (exact) mass is 334 g/mol. The number of carbonyl (C=O) groups excluding carboxylic acids is 1. The lowest BCUT2D eigenvalue weighted by Crippen LogP contribution is -2.41. The molecule has 22 heavy (non-hydrogen) atoms. The van der Waals surface area contributed by atoms with Gasteiger partial charge in [0.1, 0.15) is 18.2 Å². The van der Waals surface area contributed by atoms with Crippen LogP contribution in [0, 0.1) is 17.6 Å². The Hall–Kier alpha value is -1.70. The van der Waals surface area contributed by atoms with E-state index in [-0.39, 0.29) is 5.69 Å². The molecule has 0 spiro atoms. The van der Waals surface area contributed by atoms with E-state index in [1.807, 2.05) is 13.8 Å².